The van der Waals surface area contributed by atoms with E-state index in [9.17, 15) is 8.78 Å². The first-order chi connectivity index (χ1) is 10.1. The molecular formula is C15H11F2N3S. The van der Waals surface area contributed by atoms with Crippen molar-refractivity contribution in [2.75, 3.05) is 0 Å². The molecule has 0 fully saturated rings. The molecule has 2 aromatic carbocycles. The summed E-state index contributed by atoms with van der Waals surface area (Å²) in [7, 11) is 0. The summed E-state index contributed by atoms with van der Waals surface area (Å²) in [5.41, 5.74) is 1.04. The summed E-state index contributed by atoms with van der Waals surface area (Å²) in [4.78, 5) is 0. The zero-order valence-electron chi connectivity index (χ0n) is 11.1. The van der Waals surface area contributed by atoms with E-state index in [-0.39, 0.29) is 16.0 Å². The van der Waals surface area contributed by atoms with E-state index in [0.29, 0.717) is 5.82 Å². The van der Waals surface area contributed by atoms with Crippen LogP contribution in [0.1, 0.15) is 5.56 Å². The fourth-order valence-electron chi connectivity index (χ4n) is 2.11. The highest BCUT2D eigenvalue weighted by Crippen LogP contribution is 2.24. The Labute approximate surface area is 124 Å². The summed E-state index contributed by atoms with van der Waals surface area (Å²) in [6, 6.07) is 11.5. The zero-order chi connectivity index (χ0) is 15.0. The van der Waals surface area contributed by atoms with Gasteiger partial charge in [-0.3, -0.25) is 9.67 Å². The van der Waals surface area contributed by atoms with E-state index in [0.717, 1.165) is 17.7 Å². The minimum Gasteiger partial charge on any atom is -0.265 e. The second-order valence-corrected chi connectivity index (χ2v) is 4.99. The fourth-order valence-corrected chi connectivity index (χ4v) is 2.34. The molecule has 3 nitrogen and oxygen atoms in total. The number of H-pyrrole nitrogens is 1. The van der Waals surface area contributed by atoms with Gasteiger partial charge in [0, 0.05) is 11.6 Å². The quantitative estimate of drug-likeness (QED) is 0.720. The minimum atomic E-state index is -0.552. The Morgan fingerprint density at radius 1 is 1.10 bits per heavy atom. The van der Waals surface area contributed by atoms with Crippen LogP contribution < -0.4 is 0 Å². The van der Waals surface area contributed by atoms with E-state index in [4.69, 9.17) is 12.2 Å². The van der Waals surface area contributed by atoms with Crippen LogP contribution in [0.4, 0.5) is 8.78 Å². The predicted octanol–water partition coefficient (Wildman–Crippen LogP) is 4.18. The van der Waals surface area contributed by atoms with E-state index in [2.05, 4.69) is 10.2 Å². The molecule has 0 unspecified atom stereocenters. The van der Waals surface area contributed by atoms with Crippen molar-refractivity contribution in [1.29, 1.82) is 0 Å². The molecule has 0 radical (unpaired) electrons. The lowest BCUT2D eigenvalue weighted by atomic mass is 10.2. The van der Waals surface area contributed by atoms with Crippen molar-refractivity contribution >= 4 is 12.2 Å². The SMILES string of the molecule is Cc1cc(F)c(-n2c(-c3ccccc3)n[nH]c2=S)cc1F. The second-order valence-electron chi connectivity index (χ2n) is 4.61. The third-order valence-corrected chi connectivity index (χ3v) is 3.45. The Morgan fingerprint density at radius 2 is 1.81 bits per heavy atom. The van der Waals surface area contributed by atoms with Crippen LogP contribution in [0, 0.1) is 23.3 Å². The van der Waals surface area contributed by atoms with Gasteiger partial charge in [0.25, 0.3) is 0 Å². The minimum absolute atomic E-state index is 0.0377. The van der Waals surface area contributed by atoms with Gasteiger partial charge in [-0.2, -0.15) is 5.10 Å². The molecule has 6 heteroatoms. The standard InChI is InChI=1S/C15H11F2N3S/c1-9-7-12(17)13(8-11(9)16)20-14(18-19-15(20)21)10-5-3-2-4-6-10/h2-8H,1H3,(H,19,21). The van der Waals surface area contributed by atoms with Gasteiger partial charge in [-0.25, -0.2) is 8.78 Å². The molecule has 0 aliphatic carbocycles. The molecule has 3 aromatic rings. The summed E-state index contributed by atoms with van der Waals surface area (Å²) in [6.07, 6.45) is 0. The van der Waals surface area contributed by atoms with Crippen LogP contribution in [0.3, 0.4) is 0 Å². The number of aromatic nitrogens is 3. The number of aromatic amines is 1. The van der Waals surface area contributed by atoms with Crippen LogP contribution in [0.25, 0.3) is 17.1 Å². The monoisotopic (exact) mass is 303 g/mol. The first-order valence-electron chi connectivity index (χ1n) is 6.27. The molecule has 0 bridgehead atoms. The largest absolute Gasteiger partial charge is 0.265 e. The maximum absolute atomic E-state index is 14.2. The summed E-state index contributed by atoms with van der Waals surface area (Å²) < 4.78 is 29.6. The molecule has 1 N–H and O–H groups in total. The van der Waals surface area contributed by atoms with Crippen LogP contribution in [0.15, 0.2) is 42.5 Å². The lowest BCUT2D eigenvalue weighted by Crippen LogP contribution is -2.02. The molecule has 0 aliphatic heterocycles. The molecular weight excluding hydrogens is 292 g/mol. The van der Waals surface area contributed by atoms with Crippen molar-refractivity contribution in [2.45, 2.75) is 6.92 Å². The van der Waals surface area contributed by atoms with Gasteiger partial charge in [0.15, 0.2) is 10.6 Å². The number of halogens is 2. The Hall–Kier alpha value is -2.34. The first-order valence-corrected chi connectivity index (χ1v) is 6.67. The van der Waals surface area contributed by atoms with Crippen molar-refractivity contribution in [3.05, 3.63) is 64.4 Å². The number of benzene rings is 2. The molecule has 0 spiro atoms. The van der Waals surface area contributed by atoms with Gasteiger partial charge < -0.3 is 0 Å². The van der Waals surface area contributed by atoms with Crippen LogP contribution in [-0.2, 0) is 0 Å². The van der Waals surface area contributed by atoms with Gasteiger partial charge in [0.05, 0.1) is 5.69 Å². The van der Waals surface area contributed by atoms with Crippen LogP contribution >= 0.6 is 12.2 Å². The Bertz CT molecular complexity index is 853. The molecule has 3 rings (SSSR count). The van der Waals surface area contributed by atoms with E-state index >= 15 is 0 Å². The summed E-state index contributed by atoms with van der Waals surface area (Å²) in [6.45, 7) is 1.51. The highest BCUT2D eigenvalue weighted by molar-refractivity contribution is 7.71. The molecule has 0 aliphatic rings. The molecule has 0 saturated heterocycles. The zero-order valence-corrected chi connectivity index (χ0v) is 11.9. The van der Waals surface area contributed by atoms with Gasteiger partial charge >= 0.3 is 0 Å². The smallest absolute Gasteiger partial charge is 0.200 e. The number of rotatable bonds is 2. The lowest BCUT2D eigenvalue weighted by Gasteiger charge is -2.09. The average molecular weight is 303 g/mol. The second kappa shape index (κ2) is 5.21. The van der Waals surface area contributed by atoms with E-state index < -0.39 is 11.6 Å². The number of aryl methyl sites for hydroxylation is 1. The predicted molar refractivity (Wildman–Crippen MR) is 78.8 cm³/mol. The highest BCUT2D eigenvalue weighted by Gasteiger charge is 2.15. The summed E-state index contributed by atoms with van der Waals surface area (Å²) in [5, 5.41) is 6.73. The normalized spacial score (nSPS) is 10.8. The summed E-state index contributed by atoms with van der Waals surface area (Å²) in [5.74, 6) is -0.611. The Balaban J connectivity index is 2.27. The number of nitrogens with zero attached hydrogens (tertiary/aromatic N) is 2. The number of hydrogen-bond acceptors (Lipinski definition) is 2. The number of nitrogens with one attached hydrogen (secondary N) is 1. The molecule has 106 valence electrons. The van der Waals surface area contributed by atoms with Gasteiger partial charge in [-0.15, -0.1) is 0 Å². The highest BCUT2D eigenvalue weighted by atomic mass is 32.1. The van der Waals surface area contributed by atoms with Crippen molar-refractivity contribution in [3.63, 3.8) is 0 Å². The molecule has 21 heavy (non-hydrogen) atoms. The van der Waals surface area contributed by atoms with Gasteiger partial charge in [-0.05, 0) is 30.8 Å². The molecule has 1 heterocycles. The topological polar surface area (TPSA) is 33.6 Å². The van der Waals surface area contributed by atoms with E-state index in [1.807, 2.05) is 30.3 Å². The summed E-state index contributed by atoms with van der Waals surface area (Å²) >= 11 is 5.15. The number of hydrogen-bond donors (Lipinski definition) is 1. The van der Waals surface area contributed by atoms with Crippen molar-refractivity contribution in [3.8, 4) is 17.1 Å². The van der Waals surface area contributed by atoms with Gasteiger partial charge in [0.1, 0.15) is 11.6 Å². The lowest BCUT2D eigenvalue weighted by molar-refractivity contribution is 0.585. The van der Waals surface area contributed by atoms with E-state index in [1.54, 1.807) is 0 Å². The molecule has 0 amide bonds. The molecule has 0 saturated carbocycles. The van der Waals surface area contributed by atoms with Gasteiger partial charge in [-0.1, -0.05) is 30.3 Å². The average Bonchev–Trinajstić information content (AvgIpc) is 2.85. The maximum Gasteiger partial charge on any atom is 0.200 e. The van der Waals surface area contributed by atoms with Crippen LogP contribution in [0.2, 0.25) is 0 Å². The first kappa shape index (κ1) is 13.6. The van der Waals surface area contributed by atoms with Crippen LogP contribution in [-0.4, -0.2) is 14.8 Å². The van der Waals surface area contributed by atoms with Crippen LogP contribution in [0.5, 0.6) is 0 Å². The fraction of sp³-hybridized carbons (Fsp3) is 0.0667. The van der Waals surface area contributed by atoms with Crippen molar-refractivity contribution in [1.82, 2.24) is 14.8 Å². The van der Waals surface area contributed by atoms with E-state index in [1.165, 1.54) is 11.5 Å². The van der Waals surface area contributed by atoms with Gasteiger partial charge in [0.2, 0.25) is 0 Å². The third kappa shape index (κ3) is 2.38. The molecule has 0 atom stereocenters. The Morgan fingerprint density at radius 3 is 2.52 bits per heavy atom. The Kier molecular flexibility index (Phi) is 3.39. The van der Waals surface area contributed by atoms with Crippen molar-refractivity contribution in [2.24, 2.45) is 0 Å². The maximum atomic E-state index is 14.2. The molecule has 1 aromatic heterocycles. The van der Waals surface area contributed by atoms with Crippen molar-refractivity contribution < 1.29 is 8.78 Å². The third-order valence-electron chi connectivity index (χ3n) is 3.17.